The highest BCUT2D eigenvalue weighted by Gasteiger charge is 2.28. The Morgan fingerprint density at radius 2 is 1.07 bits per heavy atom. The Balaban J connectivity index is 0.000000180. The van der Waals surface area contributed by atoms with Crippen LogP contribution in [0.15, 0.2) is 129 Å². The van der Waals surface area contributed by atoms with Crippen molar-refractivity contribution in [2.75, 3.05) is 34.4 Å². The quantitative estimate of drug-likeness (QED) is 0.0974. The maximum atomic E-state index is 11.4. The van der Waals surface area contributed by atoms with Gasteiger partial charge in [0.15, 0.2) is 0 Å². The van der Waals surface area contributed by atoms with Crippen LogP contribution in [0.5, 0.6) is 0 Å². The number of hydrogen-bond acceptors (Lipinski definition) is 14. The topological polar surface area (TPSA) is 205 Å². The van der Waals surface area contributed by atoms with Crippen molar-refractivity contribution in [1.82, 2.24) is 0 Å². The third kappa shape index (κ3) is 13.1. The van der Waals surface area contributed by atoms with E-state index in [1.54, 1.807) is 29.2 Å². The minimum Gasteiger partial charge on any atom is -0.335 e. The maximum absolute atomic E-state index is 11.4. The fraction of sp³-hybridized carbons (Fsp3) is 0.200. The highest BCUT2D eigenvalue weighted by Crippen LogP contribution is 2.51. The Hall–Kier alpha value is -3.93. The van der Waals surface area contributed by atoms with Gasteiger partial charge in [0.1, 0.15) is 0 Å². The summed E-state index contributed by atoms with van der Waals surface area (Å²) in [5.74, 6) is -0.682. The number of nitrogens with zero attached hydrogens (tertiary/aromatic N) is 2. The molecule has 3 N–H and O–H groups in total. The van der Waals surface area contributed by atoms with Crippen LogP contribution in [0.1, 0.15) is 47.6 Å². The van der Waals surface area contributed by atoms with Gasteiger partial charge in [-0.2, -0.15) is 30.8 Å². The van der Waals surface area contributed by atoms with Gasteiger partial charge in [-0.15, -0.1) is 22.7 Å². The number of halogens is 3. The highest BCUT2D eigenvalue weighted by molar-refractivity contribution is 8.04. The number of hydrogen-bond donors (Lipinski definition) is 3. The van der Waals surface area contributed by atoms with E-state index >= 15 is 0 Å². The number of anilines is 2. The molecule has 372 valence electrons. The third-order valence-electron chi connectivity index (χ3n) is 11.6. The molecule has 21 heteroatoms. The van der Waals surface area contributed by atoms with Crippen LogP contribution in [0.4, 0.5) is 11.4 Å². The van der Waals surface area contributed by atoms with Gasteiger partial charge in [0, 0.05) is 62.9 Å². The summed E-state index contributed by atoms with van der Waals surface area (Å²) in [6.07, 6.45) is 6.41. The van der Waals surface area contributed by atoms with E-state index in [1.165, 1.54) is 46.9 Å². The summed E-state index contributed by atoms with van der Waals surface area (Å²) >= 11 is 19.4. The predicted molar refractivity (Wildman–Crippen MR) is 287 cm³/mol. The van der Waals surface area contributed by atoms with Crippen molar-refractivity contribution in [3.8, 4) is 0 Å². The van der Waals surface area contributed by atoms with Crippen molar-refractivity contribution in [1.29, 1.82) is 0 Å². The second-order valence-electron chi connectivity index (χ2n) is 16.3. The SMILES string of the molecule is CCc1c(C=C2Sc3ccc(Cl)cc3N2CC)sc2ccc3ccccc3c12.O=S(=O)(O)CCCc1c(C=C2Sc3ccc(Cl)cc3N2CCCS(=O)(=O)O)sc2ccc3ccccc3c12.[O-][Cl+3]([O-])([O-])O. The van der Waals surface area contributed by atoms with Gasteiger partial charge in [0.25, 0.3) is 20.2 Å². The monoisotopic (exact) mass is 1130 g/mol. The molecule has 0 saturated heterocycles. The molecule has 0 unspecified atom stereocenters. The molecule has 8 aromatic rings. The van der Waals surface area contributed by atoms with Crippen LogP contribution in [-0.4, -0.2) is 55.2 Å². The van der Waals surface area contributed by atoms with Crippen LogP contribution < -0.4 is 23.8 Å². The molecule has 6 aromatic carbocycles. The van der Waals surface area contributed by atoms with Gasteiger partial charge in [0.05, 0.1) is 47.8 Å². The van der Waals surface area contributed by atoms with Crippen molar-refractivity contribution in [2.24, 2.45) is 0 Å². The lowest BCUT2D eigenvalue weighted by molar-refractivity contribution is -1.92. The number of thiophene rings is 2. The lowest BCUT2D eigenvalue weighted by atomic mass is 10.00. The summed E-state index contributed by atoms with van der Waals surface area (Å²) in [5, 5.41) is 10.8. The van der Waals surface area contributed by atoms with Gasteiger partial charge in [0.2, 0.25) is 0 Å². The first-order valence-electron chi connectivity index (χ1n) is 22.0. The first-order valence-corrected chi connectivity index (χ1v) is 30.5. The Bertz CT molecular complexity index is 3590. The molecule has 0 aliphatic carbocycles. The summed E-state index contributed by atoms with van der Waals surface area (Å²) in [4.78, 5) is 8.96. The van der Waals surface area contributed by atoms with Crippen LogP contribution in [0.25, 0.3) is 53.9 Å². The molecule has 0 atom stereocenters. The fourth-order valence-electron chi connectivity index (χ4n) is 8.72. The van der Waals surface area contributed by atoms with Crippen LogP contribution in [0.3, 0.4) is 0 Å². The molecule has 0 fully saturated rings. The number of rotatable bonds is 12. The average molecular weight is 1130 g/mol. The van der Waals surface area contributed by atoms with Gasteiger partial charge in [-0.1, -0.05) is 114 Å². The van der Waals surface area contributed by atoms with Gasteiger partial charge in [-0.25, -0.2) is 0 Å². The zero-order valence-corrected chi connectivity index (χ0v) is 45.0. The Labute approximate surface area is 440 Å². The second kappa shape index (κ2) is 22.3. The molecule has 0 saturated carbocycles. The van der Waals surface area contributed by atoms with Gasteiger partial charge < -0.3 is 9.80 Å². The molecule has 71 heavy (non-hydrogen) atoms. The molecule has 0 amide bonds. The summed E-state index contributed by atoms with van der Waals surface area (Å²) in [7, 11) is -12.9. The maximum Gasteiger partial charge on any atom is 0.264 e. The van der Waals surface area contributed by atoms with Crippen molar-refractivity contribution in [3.63, 3.8) is 0 Å². The van der Waals surface area contributed by atoms with Gasteiger partial charge in [-0.3, -0.25) is 9.11 Å². The first kappa shape index (κ1) is 53.4. The Kier molecular flexibility index (Phi) is 16.7. The van der Waals surface area contributed by atoms with Crippen LogP contribution in [0.2, 0.25) is 10.0 Å². The number of fused-ring (bicyclic) bond motifs is 8. The van der Waals surface area contributed by atoms with E-state index in [1.807, 2.05) is 70.5 Å². The van der Waals surface area contributed by atoms with Crippen molar-refractivity contribution in [2.45, 2.75) is 49.3 Å². The summed E-state index contributed by atoms with van der Waals surface area (Å²) in [5.41, 5.74) is 4.54. The first-order chi connectivity index (χ1) is 33.7. The van der Waals surface area contributed by atoms with E-state index in [-0.39, 0.29) is 24.3 Å². The fourth-order valence-corrected chi connectivity index (χ4v) is 14.9. The minimum absolute atomic E-state index is 0.223. The summed E-state index contributed by atoms with van der Waals surface area (Å²) in [6, 6.07) is 37.2. The number of thioether (sulfide) groups is 2. The smallest absolute Gasteiger partial charge is 0.264 e. The zero-order valence-electron chi connectivity index (χ0n) is 37.9. The molecule has 0 spiro atoms. The Morgan fingerprint density at radius 1 is 0.620 bits per heavy atom. The average Bonchev–Trinajstić information content (AvgIpc) is 4.05. The molecule has 2 aromatic heterocycles. The van der Waals surface area contributed by atoms with Crippen LogP contribution in [0, 0.1) is 10.2 Å². The zero-order chi connectivity index (χ0) is 50.8. The van der Waals surface area contributed by atoms with E-state index in [4.69, 9.17) is 41.8 Å². The van der Waals surface area contributed by atoms with Crippen LogP contribution in [-0.2, 0) is 33.1 Å². The summed E-state index contributed by atoms with van der Waals surface area (Å²) < 4.78 is 99.2. The van der Waals surface area contributed by atoms with Crippen molar-refractivity contribution < 1.29 is 54.8 Å². The molecule has 2 aliphatic rings. The number of benzene rings is 6. The number of aryl methyl sites for hydroxylation is 2. The molecular formula is C50H45Cl3N2O10S6. The molecule has 0 bridgehead atoms. The normalized spacial score (nSPS) is 14.9. The minimum atomic E-state index is -4.69. The van der Waals surface area contributed by atoms with E-state index in [9.17, 15) is 25.9 Å². The molecule has 2 aliphatic heterocycles. The standard InChI is InChI=1S/C26H24ClNO6S4.C24H20ClNS2.ClHO4/c27-18-9-11-22-21(15-18)28(12-4-14-38(32,33)34)25(36-22)16-24-20(7-3-13-37(29,30)31)26-19-6-2-1-5-17(19)8-10-23(26)35-24;1-3-17-22(27-21-11-9-15-7-5-6-8-18(15)24(17)21)14-23-26(4-2)19-13-16(25)10-12-20(19)28-23;2-1(3,4)5/h1-2,5-6,8-11,15-16H,3-4,7,12-14H2,(H,29,30,31)(H,32,33,34);5-14H,3-4H2,1-2H3;(H,2,3,4,5). The molecule has 10 rings (SSSR count). The molecular weight excluding hydrogens is 1090 g/mol. The third-order valence-corrected chi connectivity index (χ3v) is 18.2. The van der Waals surface area contributed by atoms with E-state index < -0.39 is 30.5 Å². The molecule has 4 heterocycles. The lowest BCUT2D eigenvalue weighted by Gasteiger charge is -2.20. The van der Waals surface area contributed by atoms with Gasteiger partial charge in [-0.05, 0) is 126 Å². The molecule has 12 nitrogen and oxygen atoms in total. The largest absolute Gasteiger partial charge is 0.335 e. The van der Waals surface area contributed by atoms with Crippen molar-refractivity contribution in [3.05, 3.63) is 150 Å². The highest BCUT2D eigenvalue weighted by atomic mass is 35.7. The summed E-state index contributed by atoms with van der Waals surface area (Å²) in [6.45, 7) is 5.75. The molecule has 0 radical (unpaired) electrons. The predicted octanol–water partition coefficient (Wildman–Crippen LogP) is 10.8. The van der Waals surface area contributed by atoms with Crippen LogP contribution >= 0.6 is 69.4 Å². The second-order valence-corrected chi connectivity index (χ2v) is 25.4. The van der Waals surface area contributed by atoms with E-state index in [2.05, 4.69) is 91.6 Å². The van der Waals surface area contributed by atoms with E-state index in [0.717, 1.165) is 64.9 Å². The lowest BCUT2D eigenvalue weighted by Crippen LogP contribution is -2.58. The Morgan fingerprint density at radius 3 is 1.56 bits per heavy atom. The van der Waals surface area contributed by atoms with E-state index in [0.29, 0.717) is 18.0 Å². The van der Waals surface area contributed by atoms with Crippen molar-refractivity contribution >= 4 is 155 Å². The van der Waals surface area contributed by atoms with Gasteiger partial charge >= 0.3 is 0 Å².